The van der Waals surface area contributed by atoms with E-state index in [1.165, 1.54) is 5.56 Å². The van der Waals surface area contributed by atoms with Gasteiger partial charge in [-0.25, -0.2) is 0 Å². The highest BCUT2D eigenvalue weighted by Gasteiger charge is 2.26. The lowest BCUT2D eigenvalue weighted by Crippen LogP contribution is -2.18. The first-order chi connectivity index (χ1) is 11.1. The Bertz CT molecular complexity index is 638. The van der Waals surface area contributed by atoms with E-state index in [4.69, 9.17) is 4.74 Å². The molecule has 0 aromatic heterocycles. The zero-order valence-corrected chi connectivity index (χ0v) is 15.8. The third kappa shape index (κ3) is 4.53. The SMILES string of the molecule is CC(C)(C)c1cc(CCOc2ccccc2)cc(C(C)(C)C)c1O. The monoisotopic (exact) mass is 326 g/mol. The topological polar surface area (TPSA) is 29.5 Å². The quantitative estimate of drug-likeness (QED) is 0.791. The van der Waals surface area contributed by atoms with Crippen LogP contribution in [0.5, 0.6) is 11.5 Å². The van der Waals surface area contributed by atoms with Crippen LogP contribution in [0.3, 0.4) is 0 Å². The number of ether oxygens (including phenoxy) is 1. The van der Waals surface area contributed by atoms with Crippen molar-refractivity contribution in [2.75, 3.05) is 6.61 Å². The summed E-state index contributed by atoms with van der Waals surface area (Å²) >= 11 is 0. The highest BCUT2D eigenvalue weighted by atomic mass is 16.5. The van der Waals surface area contributed by atoms with Gasteiger partial charge in [0, 0.05) is 6.42 Å². The number of phenolic OH excluding ortho intramolecular Hbond substituents is 1. The number of aromatic hydroxyl groups is 1. The molecule has 0 aliphatic heterocycles. The maximum atomic E-state index is 10.8. The predicted octanol–water partition coefficient (Wildman–Crippen LogP) is 5.61. The Morgan fingerprint density at radius 1 is 0.833 bits per heavy atom. The van der Waals surface area contributed by atoms with E-state index in [9.17, 15) is 5.11 Å². The molecule has 0 heterocycles. The van der Waals surface area contributed by atoms with Crippen LogP contribution in [0.15, 0.2) is 42.5 Å². The first-order valence-corrected chi connectivity index (χ1v) is 8.64. The summed E-state index contributed by atoms with van der Waals surface area (Å²) in [6.07, 6.45) is 0.821. The van der Waals surface area contributed by atoms with E-state index in [0.29, 0.717) is 12.4 Å². The first-order valence-electron chi connectivity index (χ1n) is 8.64. The summed E-state index contributed by atoms with van der Waals surface area (Å²) in [5.41, 5.74) is 3.02. The van der Waals surface area contributed by atoms with Crippen LogP contribution in [-0.2, 0) is 17.3 Å². The summed E-state index contributed by atoms with van der Waals surface area (Å²) in [5, 5.41) is 10.8. The van der Waals surface area contributed by atoms with Crippen LogP contribution in [0.4, 0.5) is 0 Å². The zero-order chi connectivity index (χ0) is 18.0. The molecule has 130 valence electrons. The molecule has 0 radical (unpaired) electrons. The van der Waals surface area contributed by atoms with Gasteiger partial charge < -0.3 is 9.84 Å². The second-order valence-electron chi connectivity index (χ2n) is 8.45. The molecule has 0 bridgehead atoms. The van der Waals surface area contributed by atoms with Crippen LogP contribution in [-0.4, -0.2) is 11.7 Å². The van der Waals surface area contributed by atoms with E-state index >= 15 is 0 Å². The third-order valence-corrected chi connectivity index (χ3v) is 4.19. The second-order valence-corrected chi connectivity index (χ2v) is 8.45. The molecule has 2 rings (SSSR count). The molecular formula is C22H30O2. The number of rotatable bonds is 4. The lowest BCUT2D eigenvalue weighted by Gasteiger charge is -2.28. The Morgan fingerprint density at radius 3 is 1.79 bits per heavy atom. The summed E-state index contributed by atoms with van der Waals surface area (Å²) in [6.45, 7) is 13.5. The summed E-state index contributed by atoms with van der Waals surface area (Å²) in [7, 11) is 0. The van der Waals surface area contributed by atoms with Crippen molar-refractivity contribution in [1.82, 2.24) is 0 Å². The van der Waals surface area contributed by atoms with Crippen LogP contribution in [0.1, 0.15) is 58.2 Å². The molecule has 2 aromatic carbocycles. The molecule has 1 N–H and O–H groups in total. The second kappa shape index (κ2) is 6.88. The Hall–Kier alpha value is -1.96. The van der Waals surface area contributed by atoms with E-state index in [0.717, 1.165) is 23.3 Å². The van der Waals surface area contributed by atoms with Crippen molar-refractivity contribution in [2.24, 2.45) is 0 Å². The van der Waals surface area contributed by atoms with Crippen molar-refractivity contribution in [3.8, 4) is 11.5 Å². The van der Waals surface area contributed by atoms with Gasteiger partial charge in [0.25, 0.3) is 0 Å². The van der Waals surface area contributed by atoms with Gasteiger partial charge in [-0.1, -0.05) is 71.9 Å². The van der Waals surface area contributed by atoms with Crippen molar-refractivity contribution < 1.29 is 9.84 Å². The van der Waals surface area contributed by atoms with Gasteiger partial charge in [0.15, 0.2) is 0 Å². The normalized spacial score (nSPS) is 12.2. The number of hydrogen-bond acceptors (Lipinski definition) is 2. The summed E-state index contributed by atoms with van der Waals surface area (Å²) in [6, 6.07) is 14.1. The highest BCUT2D eigenvalue weighted by Crippen LogP contribution is 2.39. The molecule has 0 aliphatic rings. The maximum Gasteiger partial charge on any atom is 0.123 e. The minimum atomic E-state index is -0.0968. The van der Waals surface area contributed by atoms with Crippen molar-refractivity contribution in [2.45, 2.75) is 58.8 Å². The van der Waals surface area contributed by atoms with E-state index in [1.807, 2.05) is 30.3 Å². The van der Waals surface area contributed by atoms with Gasteiger partial charge in [-0.3, -0.25) is 0 Å². The van der Waals surface area contributed by atoms with E-state index in [-0.39, 0.29) is 10.8 Å². The van der Waals surface area contributed by atoms with Crippen LogP contribution in [0.2, 0.25) is 0 Å². The smallest absolute Gasteiger partial charge is 0.123 e. The molecule has 0 spiro atoms. The minimum absolute atomic E-state index is 0.0968. The molecule has 24 heavy (non-hydrogen) atoms. The standard InChI is InChI=1S/C22H30O2/c1-21(2,3)18-14-16(15-19(20(18)23)22(4,5)6)12-13-24-17-10-8-7-9-11-17/h7-11,14-15,23H,12-13H2,1-6H3. The average Bonchev–Trinajstić information content (AvgIpc) is 2.47. The number of para-hydroxylation sites is 1. The van der Waals surface area contributed by atoms with Crippen LogP contribution < -0.4 is 4.74 Å². The fourth-order valence-corrected chi connectivity index (χ4v) is 2.79. The number of benzene rings is 2. The largest absolute Gasteiger partial charge is 0.507 e. The van der Waals surface area contributed by atoms with Gasteiger partial charge >= 0.3 is 0 Å². The first kappa shape index (κ1) is 18.4. The van der Waals surface area contributed by atoms with E-state index in [1.54, 1.807) is 0 Å². The molecule has 2 aromatic rings. The number of phenols is 1. The van der Waals surface area contributed by atoms with Crippen LogP contribution in [0, 0.1) is 0 Å². The van der Waals surface area contributed by atoms with Gasteiger partial charge in [0.05, 0.1) is 6.61 Å². The fourth-order valence-electron chi connectivity index (χ4n) is 2.79. The zero-order valence-electron chi connectivity index (χ0n) is 15.8. The highest BCUT2D eigenvalue weighted by molar-refractivity contribution is 5.50. The van der Waals surface area contributed by atoms with Crippen molar-refractivity contribution in [3.63, 3.8) is 0 Å². The molecule has 0 fully saturated rings. The van der Waals surface area contributed by atoms with E-state index < -0.39 is 0 Å². The fraction of sp³-hybridized carbons (Fsp3) is 0.455. The molecule has 0 aliphatic carbocycles. The Labute approximate surface area is 146 Å². The molecule has 0 saturated heterocycles. The lowest BCUT2D eigenvalue weighted by atomic mass is 9.78. The minimum Gasteiger partial charge on any atom is -0.507 e. The predicted molar refractivity (Wildman–Crippen MR) is 101 cm³/mol. The average molecular weight is 326 g/mol. The van der Waals surface area contributed by atoms with Gasteiger partial charge in [0.1, 0.15) is 11.5 Å². The molecule has 0 amide bonds. The summed E-state index contributed by atoms with van der Waals surface area (Å²) in [4.78, 5) is 0. The van der Waals surface area contributed by atoms with Gasteiger partial charge in [-0.15, -0.1) is 0 Å². The van der Waals surface area contributed by atoms with Crippen molar-refractivity contribution in [1.29, 1.82) is 0 Å². The van der Waals surface area contributed by atoms with Gasteiger partial charge in [-0.2, -0.15) is 0 Å². The molecule has 0 unspecified atom stereocenters. The van der Waals surface area contributed by atoms with Crippen molar-refractivity contribution >= 4 is 0 Å². The molecule has 0 atom stereocenters. The summed E-state index contributed by atoms with van der Waals surface area (Å²) in [5.74, 6) is 1.33. The lowest BCUT2D eigenvalue weighted by molar-refractivity contribution is 0.321. The maximum absolute atomic E-state index is 10.8. The molecule has 2 nitrogen and oxygen atoms in total. The van der Waals surface area contributed by atoms with Crippen LogP contribution in [0.25, 0.3) is 0 Å². The van der Waals surface area contributed by atoms with Crippen LogP contribution >= 0.6 is 0 Å². The number of hydrogen-bond donors (Lipinski definition) is 1. The van der Waals surface area contributed by atoms with Gasteiger partial charge in [0.2, 0.25) is 0 Å². The molecule has 2 heteroatoms. The van der Waals surface area contributed by atoms with Gasteiger partial charge in [-0.05, 0) is 39.7 Å². The Balaban J connectivity index is 2.26. The molecular weight excluding hydrogens is 296 g/mol. The molecule has 0 saturated carbocycles. The van der Waals surface area contributed by atoms with Crippen molar-refractivity contribution in [3.05, 3.63) is 59.2 Å². The summed E-state index contributed by atoms with van der Waals surface area (Å²) < 4.78 is 5.83. The Morgan fingerprint density at radius 2 is 1.33 bits per heavy atom. The third-order valence-electron chi connectivity index (χ3n) is 4.19. The van der Waals surface area contributed by atoms with E-state index in [2.05, 4.69) is 53.7 Å². The Kier molecular flexibility index (Phi) is 5.27.